The van der Waals surface area contributed by atoms with Crippen molar-refractivity contribution in [3.8, 4) is 22.6 Å². The molecular formula is C23H27NO4. The third-order valence-corrected chi connectivity index (χ3v) is 5.50. The summed E-state index contributed by atoms with van der Waals surface area (Å²) in [7, 11) is 1.66. The maximum absolute atomic E-state index is 11.4. The summed E-state index contributed by atoms with van der Waals surface area (Å²) in [5.74, 6) is 0.718. The van der Waals surface area contributed by atoms with Crippen molar-refractivity contribution in [1.29, 1.82) is 0 Å². The number of carboxylic acids is 1. The first-order valence-corrected chi connectivity index (χ1v) is 9.75. The Hall–Kier alpha value is -2.53. The molecule has 0 saturated heterocycles. The molecule has 0 bridgehead atoms. The molecule has 5 heteroatoms. The number of hydrogen-bond acceptors (Lipinski definition) is 4. The Morgan fingerprint density at radius 3 is 2.68 bits per heavy atom. The van der Waals surface area contributed by atoms with E-state index < -0.39 is 5.97 Å². The number of carboxylic acid groups (broad SMARTS) is 1. The van der Waals surface area contributed by atoms with E-state index in [1.165, 1.54) is 16.7 Å². The van der Waals surface area contributed by atoms with E-state index in [0.29, 0.717) is 0 Å². The van der Waals surface area contributed by atoms with E-state index in [9.17, 15) is 9.90 Å². The number of methoxy groups -OCH3 is 1. The van der Waals surface area contributed by atoms with Crippen molar-refractivity contribution < 1.29 is 19.4 Å². The second kappa shape index (κ2) is 6.82. The number of nitrogens with zero attached hydrogens (tertiary/aromatic N) is 1. The van der Waals surface area contributed by atoms with E-state index in [-0.39, 0.29) is 18.2 Å². The van der Waals surface area contributed by atoms with Crippen molar-refractivity contribution in [3.05, 3.63) is 47.0 Å². The van der Waals surface area contributed by atoms with Crippen LogP contribution in [-0.2, 0) is 17.6 Å². The van der Waals surface area contributed by atoms with E-state index in [1.807, 2.05) is 26.8 Å². The fourth-order valence-corrected chi connectivity index (χ4v) is 4.49. The van der Waals surface area contributed by atoms with Crippen molar-refractivity contribution >= 4 is 5.97 Å². The monoisotopic (exact) mass is 381 g/mol. The van der Waals surface area contributed by atoms with Gasteiger partial charge in [-0.05, 0) is 61.9 Å². The molecule has 1 unspecified atom stereocenters. The molecule has 1 aliphatic carbocycles. The Kier molecular flexibility index (Phi) is 4.58. The molecule has 2 aromatic carbocycles. The summed E-state index contributed by atoms with van der Waals surface area (Å²) in [6, 6.07) is 10.5. The summed E-state index contributed by atoms with van der Waals surface area (Å²) in [5, 5.41) is 9.37. The number of aliphatic carboxylic acids is 1. The lowest BCUT2D eigenvalue weighted by atomic mass is 9.76. The second-order valence-electron chi connectivity index (χ2n) is 8.56. The molecule has 0 radical (unpaired) electrons. The average Bonchev–Trinajstić information content (AvgIpc) is 2.62. The first kappa shape index (κ1) is 18.8. The molecule has 0 saturated carbocycles. The van der Waals surface area contributed by atoms with Crippen LogP contribution in [0.1, 0.15) is 43.5 Å². The molecule has 1 atom stereocenters. The molecule has 1 heterocycles. The highest BCUT2D eigenvalue weighted by molar-refractivity contribution is 5.83. The van der Waals surface area contributed by atoms with Crippen molar-refractivity contribution in [2.75, 3.05) is 20.2 Å². The molecule has 1 N–H and O–H groups in total. The van der Waals surface area contributed by atoms with E-state index in [0.717, 1.165) is 42.0 Å². The fourth-order valence-electron chi connectivity index (χ4n) is 4.49. The van der Waals surface area contributed by atoms with Gasteiger partial charge in [0, 0.05) is 18.2 Å². The highest BCUT2D eigenvalue weighted by Crippen LogP contribution is 2.51. The summed E-state index contributed by atoms with van der Waals surface area (Å²) in [4.78, 5) is 13.5. The molecular weight excluding hydrogens is 354 g/mol. The Balaban J connectivity index is 1.91. The van der Waals surface area contributed by atoms with Crippen molar-refractivity contribution in [1.82, 2.24) is 4.90 Å². The van der Waals surface area contributed by atoms with Crippen LogP contribution < -0.4 is 9.47 Å². The van der Waals surface area contributed by atoms with Gasteiger partial charge in [0.25, 0.3) is 0 Å². The minimum Gasteiger partial charge on any atom is -0.493 e. The Bertz CT molecular complexity index is 929. The first-order chi connectivity index (χ1) is 13.3. The molecule has 0 amide bonds. The molecule has 5 nitrogen and oxygen atoms in total. The number of rotatable bonds is 4. The van der Waals surface area contributed by atoms with Gasteiger partial charge in [0.2, 0.25) is 0 Å². The molecule has 2 aromatic rings. The van der Waals surface area contributed by atoms with Crippen LogP contribution in [0.15, 0.2) is 30.3 Å². The van der Waals surface area contributed by atoms with E-state index in [4.69, 9.17) is 9.47 Å². The van der Waals surface area contributed by atoms with Gasteiger partial charge in [-0.25, -0.2) is 0 Å². The molecule has 28 heavy (non-hydrogen) atoms. The van der Waals surface area contributed by atoms with Gasteiger partial charge in [0.1, 0.15) is 5.60 Å². The van der Waals surface area contributed by atoms with Gasteiger partial charge in [0.15, 0.2) is 11.5 Å². The molecule has 1 aliphatic heterocycles. The number of carbonyl (C=O) groups is 1. The highest BCUT2D eigenvalue weighted by atomic mass is 16.5. The van der Waals surface area contributed by atoms with Crippen LogP contribution in [0.2, 0.25) is 0 Å². The van der Waals surface area contributed by atoms with Gasteiger partial charge in [0.05, 0.1) is 13.7 Å². The molecule has 4 rings (SSSR count). The van der Waals surface area contributed by atoms with Crippen LogP contribution in [0, 0.1) is 0 Å². The van der Waals surface area contributed by atoms with Crippen molar-refractivity contribution in [3.63, 3.8) is 0 Å². The lowest BCUT2D eigenvalue weighted by Gasteiger charge is -2.41. The van der Waals surface area contributed by atoms with Gasteiger partial charge in [-0.2, -0.15) is 0 Å². The lowest BCUT2D eigenvalue weighted by Crippen LogP contribution is -2.41. The van der Waals surface area contributed by atoms with Crippen LogP contribution in [-0.4, -0.2) is 41.8 Å². The molecule has 0 fully saturated rings. The number of benzene rings is 2. The van der Waals surface area contributed by atoms with Gasteiger partial charge in [-0.1, -0.05) is 24.3 Å². The van der Waals surface area contributed by atoms with Gasteiger partial charge in [-0.3, -0.25) is 9.69 Å². The van der Waals surface area contributed by atoms with Gasteiger partial charge >= 0.3 is 5.97 Å². The smallest absolute Gasteiger partial charge is 0.317 e. The number of ether oxygens (including phenoxy) is 2. The standard InChI is InChI=1S/C23H27NO4/c1-23(2,3)28-22-18(27-4)9-8-15-12-17-20-14(6-5-7-16(20)21(15)22)10-11-24(17)13-19(25)26/h5-9,17H,10-13H2,1-4H3,(H,25,26). The molecule has 148 valence electrons. The topological polar surface area (TPSA) is 59.0 Å². The van der Waals surface area contributed by atoms with Crippen molar-refractivity contribution in [2.24, 2.45) is 0 Å². The summed E-state index contributed by atoms with van der Waals surface area (Å²) < 4.78 is 12.0. The Morgan fingerprint density at radius 1 is 1.21 bits per heavy atom. The minimum atomic E-state index is -0.779. The van der Waals surface area contributed by atoms with Crippen LogP contribution in [0.3, 0.4) is 0 Å². The predicted molar refractivity (Wildman–Crippen MR) is 108 cm³/mol. The molecule has 0 aromatic heterocycles. The lowest BCUT2D eigenvalue weighted by molar-refractivity contribution is -0.139. The van der Waals surface area contributed by atoms with Gasteiger partial charge < -0.3 is 14.6 Å². The van der Waals surface area contributed by atoms with Crippen LogP contribution in [0.5, 0.6) is 11.5 Å². The quantitative estimate of drug-likeness (QED) is 0.865. The maximum atomic E-state index is 11.4. The molecule has 0 spiro atoms. The summed E-state index contributed by atoms with van der Waals surface area (Å²) >= 11 is 0. The van der Waals surface area contributed by atoms with Crippen LogP contribution >= 0.6 is 0 Å². The third-order valence-electron chi connectivity index (χ3n) is 5.50. The normalized spacial score (nSPS) is 18.2. The SMILES string of the molecule is COc1ccc2c(c1OC(C)(C)C)-c1cccc3c1C(C2)N(CC(=O)O)CC3. The van der Waals surface area contributed by atoms with Crippen molar-refractivity contribution in [2.45, 2.75) is 45.3 Å². The Labute approximate surface area is 165 Å². The van der Waals surface area contributed by atoms with Crippen LogP contribution in [0.4, 0.5) is 0 Å². The van der Waals surface area contributed by atoms with Gasteiger partial charge in [-0.15, -0.1) is 0 Å². The summed E-state index contributed by atoms with van der Waals surface area (Å²) in [6.07, 6.45) is 1.64. The number of fused-ring (bicyclic) bond motifs is 2. The van der Waals surface area contributed by atoms with E-state index in [2.05, 4.69) is 29.2 Å². The maximum Gasteiger partial charge on any atom is 0.317 e. The summed E-state index contributed by atoms with van der Waals surface area (Å²) in [6.45, 7) is 6.94. The second-order valence-corrected chi connectivity index (χ2v) is 8.56. The highest BCUT2D eigenvalue weighted by Gasteiger charge is 2.37. The Morgan fingerprint density at radius 2 is 2.00 bits per heavy atom. The minimum absolute atomic E-state index is 0.0648. The number of hydrogen-bond donors (Lipinski definition) is 1. The van der Waals surface area contributed by atoms with Crippen LogP contribution in [0.25, 0.3) is 11.1 Å². The largest absolute Gasteiger partial charge is 0.493 e. The molecule has 2 aliphatic rings. The first-order valence-electron chi connectivity index (χ1n) is 9.75. The summed E-state index contributed by atoms with van der Waals surface area (Å²) in [5.41, 5.74) is 5.58. The average molecular weight is 381 g/mol. The third kappa shape index (κ3) is 3.24. The van der Waals surface area contributed by atoms with E-state index >= 15 is 0 Å². The zero-order chi connectivity index (χ0) is 20.1. The zero-order valence-corrected chi connectivity index (χ0v) is 16.9. The zero-order valence-electron chi connectivity index (χ0n) is 16.9. The van der Waals surface area contributed by atoms with E-state index in [1.54, 1.807) is 7.11 Å². The predicted octanol–water partition coefficient (Wildman–Crippen LogP) is 4.08. The fraction of sp³-hybridized carbons (Fsp3) is 0.435.